The molecule has 11 heteroatoms. The van der Waals surface area contributed by atoms with Gasteiger partial charge in [-0.15, -0.1) is 9.90 Å². The second kappa shape index (κ2) is 6.49. The van der Waals surface area contributed by atoms with E-state index in [1.54, 1.807) is 22.8 Å². The summed E-state index contributed by atoms with van der Waals surface area (Å²) in [7, 11) is 0. The third-order valence-electron chi connectivity index (χ3n) is 5.28. The predicted molar refractivity (Wildman–Crippen MR) is 111 cm³/mol. The Balaban J connectivity index is 1.46. The zero-order chi connectivity index (χ0) is 21.0. The van der Waals surface area contributed by atoms with Crippen molar-refractivity contribution in [1.29, 1.82) is 0 Å². The summed E-state index contributed by atoms with van der Waals surface area (Å²) >= 11 is 6.31. The Morgan fingerprint density at radius 1 is 1.23 bits per heavy atom. The summed E-state index contributed by atoms with van der Waals surface area (Å²) in [4.78, 5) is 23.1. The number of nitrogens with one attached hydrogen (secondary N) is 1. The van der Waals surface area contributed by atoms with Gasteiger partial charge < -0.3 is 11.1 Å². The number of aromatic nitrogens is 7. The second-order valence-corrected chi connectivity index (χ2v) is 8.29. The minimum Gasteiger partial charge on any atom is -0.382 e. The highest BCUT2D eigenvalue weighted by Crippen LogP contribution is 2.46. The number of carbonyl (C=O) groups is 1. The monoisotopic (exact) mass is 423 g/mol. The van der Waals surface area contributed by atoms with Gasteiger partial charge in [-0.2, -0.15) is 10.2 Å². The third kappa shape index (κ3) is 2.88. The molecule has 0 spiro atoms. The Morgan fingerprint density at radius 3 is 2.73 bits per heavy atom. The molecule has 4 heterocycles. The molecule has 0 fully saturated rings. The molecule has 0 aliphatic heterocycles. The van der Waals surface area contributed by atoms with Crippen LogP contribution >= 0.6 is 11.6 Å². The van der Waals surface area contributed by atoms with Gasteiger partial charge in [0, 0.05) is 23.2 Å². The van der Waals surface area contributed by atoms with Crippen molar-refractivity contribution < 1.29 is 4.79 Å². The van der Waals surface area contributed by atoms with E-state index in [0.29, 0.717) is 34.4 Å². The van der Waals surface area contributed by atoms with Gasteiger partial charge in [-0.1, -0.05) is 25.4 Å². The van der Waals surface area contributed by atoms with Crippen LogP contribution in [0.5, 0.6) is 0 Å². The van der Waals surface area contributed by atoms with Crippen molar-refractivity contribution in [2.45, 2.75) is 31.6 Å². The number of nitrogen functional groups attached to an aromatic ring is 1. The van der Waals surface area contributed by atoms with Crippen LogP contribution in [0.3, 0.4) is 0 Å². The molecular weight excluding hydrogens is 406 g/mol. The molecule has 3 N–H and O–H groups in total. The number of hydrogen-bond donors (Lipinski definition) is 2. The van der Waals surface area contributed by atoms with Crippen molar-refractivity contribution in [3.63, 3.8) is 0 Å². The molecule has 0 saturated carbocycles. The van der Waals surface area contributed by atoms with Gasteiger partial charge in [0.15, 0.2) is 11.5 Å². The van der Waals surface area contributed by atoms with Gasteiger partial charge in [-0.3, -0.25) is 4.79 Å². The number of nitrogens with two attached hydrogens (primary N) is 1. The first kappa shape index (κ1) is 18.5. The maximum atomic E-state index is 13.1. The first-order valence-electron chi connectivity index (χ1n) is 9.31. The maximum absolute atomic E-state index is 13.1. The van der Waals surface area contributed by atoms with E-state index in [4.69, 9.17) is 17.3 Å². The zero-order valence-corrected chi connectivity index (χ0v) is 17.0. The molecule has 10 nitrogen and oxygen atoms in total. The summed E-state index contributed by atoms with van der Waals surface area (Å²) in [6, 6.07) is 3.34. The quantitative estimate of drug-likeness (QED) is 0.517. The van der Waals surface area contributed by atoms with Gasteiger partial charge in [0.1, 0.15) is 5.82 Å². The minimum absolute atomic E-state index is 0.161. The van der Waals surface area contributed by atoms with E-state index in [9.17, 15) is 4.79 Å². The Kier molecular flexibility index (Phi) is 4.00. The van der Waals surface area contributed by atoms with E-state index >= 15 is 0 Å². The van der Waals surface area contributed by atoms with E-state index in [2.05, 4.69) is 44.4 Å². The number of amides is 1. The average Bonchev–Trinajstić information content (AvgIpc) is 3.39. The highest BCUT2D eigenvalue weighted by atomic mass is 35.5. The summed E-state index contributed by atoms with van der Waals surface area (Å²) in [6.07, 6.45) is 6.95. The zero-order valence-electron chi connectivity index (χ0n) is 16.2. The normalized spacial score (nSPS) is 17.2. The van der Waals surface area contributed by atoms with Gasteiger partial charge in [-0.25, -0.2) is 14.5 Å². The van der Waals surface area contributed by atoms with Crippen LogP contribution in [0, 0.1) is 0 Å². The van der Waals surface area contributed by atoms with Gasteiger partial charge in [0.25, 0.3) is 0 Å². The summed E-state index contributed by atoms with van der Waals surface area (Å²) in [5.74, 6) is 0.233. The molecule has 152 valence electrons. The molecule has 4 aromatic heterocycles. The molecule has 1 atom stereocenters. The lowest BCUT2D eigenvalue weighted by atomic mass is 9.88. The lowest BCUT2D eigenvalue weighted by Gasteiger charge is -2.19. The molecule has 0 aromatic carbocycles. The van der Waals surface area contributed by atoms with Crippen LogP contribution in [-0.4, -0.2) is 40.5 Å². The number of hydrogen-bond acceptors (Lipinski definition) is 7. The van der Waals surface area contributed by atoms with Crippen LogP contribution < -0.4 is 11.1 Å². The van der Waals surface area contributed by atoms with Crippen LogP contribution in [0.25, 0.3) is 11.5 Å². The molecule has 0 unspecified atom stereocenters. The smallest absolute Gasteiger partial charge is 0.232 e. The molecule has 30 heavy (non-hydrogen) atoms. The SMILES string of the molecule is CC1(C)C[C@@H](C(=O)Nc2cnc(-n3nccn3)c(Cl)c2)c2cnc3cc(N)nn3c21. The summed E-state index contributed by atoms with van der Waals surface area (Å²) < 4.78 is 1.74. The first-order valence-corrected chi connectivity index (χ1v) is 9.69. The van der Waals surface area contributed by atoms with E-state index < -0.39 is 0 Å². The standard InChI is InChI=1S/C19H18ClN9O/c1-19(2)7-11(12-9-22-15-6-14(21)27-28(15)16(12)19)18(30)26-10-5-13(20)17(23-8-10)29-24-3-4-25-29/h3-6,8-9,11H,7H2,1-2H3,(H2,21,27)(H,26,30)/t11-/m1/s1. The highest BCUT2D eigenvalue weighted by molar-refractivity contribution is 6.32. The highest BCUT2D eigenvalue weighted by Gasteiger charge is 2.43. The molecule has 0 saturated heterocycles. The summed E-state index contributed by atoms with van der Waals surface area (Å²) in [5, 5.41) is 15.6. The largest absolute Gasteiger partial charge is 0.382 e. The number of nitrogens with zero attached hydrogens (tertiary/aromatic N) is 7. The number of halogens is 1. The van der Waals surface area contributed by atoms with Crippen LogP contribution in [0.1, 0.15) is 37.4 Å². The van der Waals surface area contributed by atoms with Crippen molar-refractivity contribution in [3.8, 4) is 5.82 Å². The fourth-order valence-corrected chi connectivity index (χ4v) is 4.29. The van der Waals surface area contributed by atoms with E-state index in [-0.39, 0.29) is 17.2 Å². The Hall–Kier alpha value is -3.53. The van der Waals surface area contributed by atoms with Crippen molar-refractivity contribution in [2.24, 2.45) is 0 Å². The van der Waals surface area contributed by atoms with Crippen molar-refractivity contribution in [3.05, 3.63) is 53.2 Å². The van der Waals surface area contributed by atoms with Crippen LogP contribution in [0.4, 0.5) is 11.5 Å². The number of pyridine rings is 1. The van der Waals surface area contributed by atoms with Gasteiger partial charge in [0.05, 0.1) is 40.9 Å². The number of rotatable bonds is 3. The molecule has 1 aliphatic carbocycles. The lowest BCUT2D eigenvalue weighted by molar-refractivity contribution is -0.117. The Labute approximate surface area is 176 Å². The van der Waals surface area contributed by atoms with Crippen LogP contribution in [-0.2, 0) is 10.2 Å². The molecule has 4 aromatic rings. The average molecular weight is 424 g/mol. The topological polar surface area (TPSA) is 129 Å². The van der Waals surface area contributed by atoms with Gasteiger partial charge >= 0.3 is 0 Å². The second-order valence-electron chi connectivity index (χ2n) is 7.88. The molecular formula is C19H18ClN9O. The molecule has 1 aliphatic rings. The molecule has 0 bridgehead atoms. The third-order valence-corrected chi connectivity index (χ3v) is 5.55. The van der Waals surface area contributed by atoms with Crippen molar-refractivity contribution in [2.75, 3.05) is 11.1 Å². The molecule has 5 rings (SSSR count). The van der Waals surface area contributed by atoms with Crippen LogP contribution in [0.15, 0.2) is 36.9 Å². The first-order chi connectivity index (χ1) is 14.3. The van der Waals surface area contributed by atoms with Crippen molar-refractivity contribution >= 4 is 34.7 Å². The van der Waals surface area contributed by atoms with Crippen molar-refractivity contribution in [1.82, 2.24) is 34.6 Å². The fraction of sp³-hybridized carbons (Fsp3) is 0.263. The lowest BCUT2D eigenvalue weighted by Crippen LogP contribution is -2.21. The van der Waals surface area contributed by atoms with Crippen LogP contribution in [0.2, 0.25) is 5.02 Å². The number of anilines is 2. The minimum atomic E-state index is -0.386. The summed E-state index contributed by atoms with van der Waals surface area (Å²) in [6.45, 7) is 4.17. The number of carbonyl (C=O) groups excluding carboxylic acids is 1. The predicted octanol–water partition coefficient (Wildman–Crippen LogP) is 2.34. The van der Waals surface area contributed by atoms with E-state index in [0.717, 1.165) is 11.3 Å². The van der Waals surface area contributed by atoms with E-state index in [1.165, 1.54) is 23.4 Å². The number of fused-ring (bicyclic) bond motifs is 3. The Bertz CT molecular complexity index is 1280. The fourth-order valence-electron chi connectivity index (χ4n) is 4.05. The van der Waals surface area contributed by atoms with E-state index in [1.807, 2.05) is 0 Å². The molecule has 0 radical (unpaired) electrons. The van der Waals surface area contributed by atoms with Gasteiger partial charge in [0.2, 0.25) is 5.91 Å². The summed E-state index contributed by atoms with van der Waals surface area (Å²) in [5.41, 5.74) is 8.51. The Morgan fingerprint density at radius 2 is 2.00 bits per heavy atom. The maximum Gasteiger partial charge on any atom is 0.232 e. The van der Waals surface area contributed by atoms with Gasteiger partial charge in [-0.05, 0) is 12.5 Å². The molecule has 1 amide bonds.